The number of nitrogens with one attached hydrogen (secondary N) is 2. The molecule has 1 heterocycles. The Kier molecular flexibility index (Phi) is 6.50. The van der Waals surface area contributed by atoms with Gasteiger partial charge in [0.15, 0.2) is 0 Å². The fourth-order valence-electron chi connectivity index (χ4n) is 3.60. The third-order valence-corrected chi connectivity index (χ3v) is 5.13. The standard InChI is InChI=1S/C23H26N4O2/c1-16-5-4-10-27(15-16)23(29)19-8-9-21(17(2)11-19)25-14-22(28)26-20-7-3-6-18(12-20)13-24/h3,6-9,11-12,16,25H,4-5,10,14-15H2,1-2H3,(H,26,28). The molecule has 0 saturated carbocycles. The zero-order valence-corrected chi connectivity index (χ0v) is 16.9. The maximum Gasteiger partial charge on any atom is 0.253 e. The summed E-state index contributed by atoms with van der Waals surface area (Å²) in [6, 6.07) is 14.4. The zero-order valence-electron chi connectivity index (χ0n) is 16.9. The molecule has 150 valence electrons. The summed E-state index contributed by atoms with van der Waals surface area (Å²) in [5, 5.41) is 14.8. The molecule has 0 aromatic heterocycles. The average Bonchev–Trinajstić information content (AvgIpc) is 2.72. The molecule has 0 radical (unpaired) electrons. The SMILES string of the molecule is Cc1cc(C(=O)N2CCCC(C)C2)ccc1NCC(=O)Nc1cccc(C#N)c1. The van der Waals surface area contributed by atoms with Crippen molar-refractivity contribution in [2.75, 3.05) is 30.3 Å². The van der Waals surface area contributed by atoms with Gasteiger partial charge in [-0.1, -0.05) is 13.0 Å². The highest BCUT2D eigenvalue weighted by Crippen LogP contribution is 2.21. The molecule has 2 N–H and O–H groups in total. The molecule has 0 bridgehead atoms. The van der Waals surface area contributed by atoms with Crippen LogP contribution in [0.3, 0.4) is 0 Å². The van der Waals surface area contributed by atoms with E-state index in [9.17, 15) is 9.59 Å². The molecule has 6 heteroatoms. The second kappa shape index (κ2) is 9.24. The molecule has 6 nitrogen and oxygen atoms in total. The number of amides is 2. The number of carbonyl (C=O) groups excluding carboxylic acids is 2. The number of nitrogens with zero attached hydrogens (tertiary/aromatic N) is 2. The number of anilines is 2. The predicted molar refractivity (Wildman–Crippen MR) is 114 cm³/mol. The topological polar surface area (TPSA) is 85.2 Å². The molecule has 1 unspecified atom stereocenters. The van der Waals surface area contributed by atoms with E-state index in [-0.39, 0.29) is 18.4 Å². The third kappa shape index (κ3) is 5.35. The number of benzene rings is 2. The molecule has 2 aromatic carbocycles. The highest BCUT2D eigenvalue weighted by Gasteiger charge is 2.22. The number of hydrogen-bond acceptors (Lipinski definition) is 4. The van der Waals surface area contributed by atoms with Gasteiger partial charge < -0.3 is 15.5 Å². The van der Waals surface area contributed by atoms with Crippen molar-refractivity contribution in [3.8, 4) is 6.07 Å². The Balaban J connectivity index is 1.58. The molecule has 1 aliphatic rings. The highest BCUT2D eigenvalue weighted by atomic mass is 16.2. The normalized spacial score (nSPS) is 16.0. The second-order valence-electron chi connectivity index (χ2n) is 7.62. The largest absolute Gasteiger partial charge is 0.376 e. The van der Waals surface area contributed by atoms with E-state index < -0.39 is 0 Å². The smallest absolute Gasteiger partial charge is 0.253 e. The van der Waals surface area contributed by atoms with Gasteiger partial charge in [0, 0.05) is 30.0 Å². The number of rotatable bonds is 5. The fourth-order valence-corrected chi connectivity index (χ4v) is 3.60. The number of nitriles is 1. The Labute approximate surface area is 171 Å². The summed E-state index contributed by atoms with van der Waals surface area (Å²) in [6.07, 6.45) is 2.23. The molecule has 1 atom stereocenters. The first-order chi connectivity index (χ1) is 14.0. The Morgan fingerprint density at radius 3 is 2.79 bits per heavy atom. The number of likely N-dealkylation sites (tertiary alicyclic amines) is 1. The molecule has 0 spiro atoms. The van der Waals surface area contributed by atoms with E-state index in [1.54, 1.807) is 24.3 Å². The van der Waals surface area contributed by atoms with Crippen LogP contribution in [0.4, 0.5) is 11.4 Å². The van der Waals surface area contributed by atoms with Gasteiger partial charge in [0.1, 0.15) is 0 Å². The first-order valence-electron chi connectivity index (χ1n) is 9.90. The number of aryl methyl sites for hydroxylation is 1. The van der Waals surface area contributed by atoms with Gasteiger partial charge in [-0.05, 0) is 67.6 Å². The summed E-state index contributed by atoms with van der Waals surface area (Å²) in [6.45, 7) is 5.82. The van der Waals surface area contributed by atoms with Gasteiger partial charge in [0.05, 0.1) is 18.2 Å². The first-order valence-corrected chi connectivity index (χ1v) is 9.90. The summed E-state index contributed by atoms with van der Waals surface area (Å²) in [4.78, 5) is 26.9. The van der Waals surface area contributed by atoms with E-state index in [2.05, 4.69) is 17.6 Å². The van der Waals surface area contributed by atoms with Crippen LogP contribution in [-0.2, 0) is 4.79 Å². The minimum atomic E-state index is -0.207. The maximum absolute atomic E-state index is 12.7. The minimum Gasteiger partial charge on any atom is -0.376 e. The van der Waals surface area contributed by atoms with E-state index in [1.807, 2.05) is 36.1 Å². The van der Waals surface area contributed by atoms with E-state index in [0.29, 0.717) is 22.7 Å². The van der Waals surface area contributed by atoms with Crippen LogP contribution in [0, 0.1) is 24.2 Å². The zero-order chi connectivity index (χ0) is 20.8. The molecule has 1 fully saturated rings. The number of carbonyl (C=O) groups is 2. The lowest BCUT2D eigenvalue weighted by Gasteiger charge is -2.31. The van der Waals surface area contributed by atoms with Crippen molar-refractivity contribution in [2.45, 2.75) is 26.7 Å². The monoisotopic (exact) mass is 390 g/mol. The molecule has 29 heavy (non-hydrogen) atoms. The second-order valence-corrected chi connectivity index (χ2v) is 7.62. The van der Waals surface area contributed by atoms with Gasteiger partial charge in [-0.25, -0.2) is 0 Å². The lowest BCUT2D eigenvalue weighted by atomic mass is 9.99. The summed E-state index contributed by atoms with van der Waals surface area (Å²) in [5.41, 5.74) is 3.49. The molecule has 1 aliphatic heterocycles. The maximum atomic E-state index is 12.7. The minimum absolute atomic E-state index is 0.0707. The van der Waals surface area contributed by atoms with Crippen molar-refractivity contribution in [2.24, 2.45) is 5.92 Å². The number of piperidine rings is 1. The van der Waals surface area contributed by atoms with Crippen LogP contribution in [0.15, 0.2) is 42.5 Å². The van der Waals surface area contributed by atoms with Gasteiger partial charge in [0.25, 0.3) is 5.91 Å². The molecular formula is C23H26N4O2. The van der Waals surface area contributed by atoms with Crippen molar-refractivity contribution in [3.05, 3.63) is 59.2 Å². The van der Waals surface area contributed by atoms with Gasteiger partial charge in [-0.2, -0.15) is 5.26 Å². The van der Waals surface area contributed by atoms with E-state index >= 15 is 0 Å². The van der Waals surface area contributed by atoms with Crippen molar-refractivity contribution < 1.29 is 9.59 Å². The Morgan fingerprint density at radius 1 is 1.24 bits per heavy atom. The van der Waals surface area contributed by atoms with E-state index in [4.69, 9.17) is 5.26 Å². The Morgan fingerprint density at radius 2 is 2.07 bits per heavy atom. The molecule has 2 amide bonds. The van der Waals surface area contributed by atoms with Crippen LogP contribution >= 0.6 is 0 Å². The summed E-state index contributed by atoms with van der Waals surface area (Å²) in [5.74, 6) is 0.408. The van der Waals surface area contributed by atoms with E-state index in [0.717, 1.165) is 30.8 Å². The predicted octanol–water partition coefficient (Wildman–Crippen LogP) is 3.79. The van der Waals surface area contributed by atoms with Gasteiger partial charge in [-0.15, -0.1) is 0 Å². The molecule has 0 aliphatic carbocycles. The molecule has 1 saturated heterocycles. The lowest BCUT2D eigenvalue weighted by Crippen LogP contribution is -2.39. The fraction of sp³-hybridized carbons (Fsp3) is 0.348. The quantitative estimate of drug-likeness (QED) is 0.813. The van der Waals surface area contributed by atoms with Crippen molar-refractivity contribution in [1.29, 1.82) is 5.26 Å². The van der Waals surface area contributed by atoms with Crippen molar-refractivity contribution >= 4 is 23.2 Å². The number of hydrogen-bond donors (Lipinski definition) is 2. The van der Waals surface area contributed by atoms with Gasteiger partial charge >= 0.3 is 0 Å². The summed E-state index contributed by atoms with van der Waals surface area (Å²) < 4.78 is 0. The Hall–Kier alpha value is -3.33. The van der Waals surface area contributed by atoms with Crippen LogP contribution in [0.5, 0.6) is 0 Å². The van der Waals surface area contributed by atoms with E-state index in [1.165, 1.54) is 6.42 Å². The first kappa shape index (κ1) is 20.4. The van der Waals surface area contributed by atoms with Crippen molar-refractivity contribution in [1.82, 2.24) is 4.90 Å². The van der Waals surface area contributed by atoms with Gasteiger partial charge in [0.2, 0.25) is 5.91 Å². The van der Waals surface area contributed by atoms with Crippen LogP contribution in [-0.4, -0.2) is 36.3 Å². The molecule has 3 rings (SSSR count). The van der Waals surface area contributed by atoms with Crippen molar-refractivity contribution in [3.63, 3.8) is 0 Å². The van der Waals surface area contributed by atoms with Crippen LogP contribution in [0.25, 0.3) is 0 Å². The van der Waals surface area contributed by atoms with Crippen LogP contribution in [0.1, 0.15) is 41.3 Å². The lowest BCUT2D eigenvalue weighted by molar-refractivity contribution is -0.114. The van der Waals surface area contributed by atoms with Crippen LogP contribution in [0.2, 0.25) is 0 Å². The average molecular weight is 390 g/mol. The third-order valence-electron chi connectivity index (χ3n) is 5.13. The highest BCUT2D eigenvalue weighted by molar-refractivity contribution is 5.96. The van der Waals surface area contributed by atoms with Gasteiger partial charge in [-0.3, -0.25) is 9.59 Å². The molecular weight excluding hydrogens is 364 g/mol. The summed E-state index contributed by atoms with van der Waals surface area (Å²) >= 11 is 0. The molecule has 2 aromatic rings. The summed E-state index contributed by atoms with van der Waals surface area (Å²) in [7, 11) is 0. The Bertz CT molecular complexity index is 948. The van der Waals surface area contributed by atoms with Crippen LogP contribution < -0.4 is 10.6 Å².